The quantitative estimate of drug-likeness (QED) is 0.876. The van der Waals surface area contributed by atoms with Crippen LogP contribution in [0.4, 0.5) is 0 Å². The maximum atomic E-state index is 10.1. The lowest BCUT2D eigenvalue weighted by Crippen LogP contribution is -2.09. The number of rotatable bonds is 3. The standard InChI is InChI=1S/C12H15ClOS/c1-2-5-15-11-7-8-6-9(13)3-4-10(8)12(11)14/h3-4,6,11-12,14H,2,5,7H2,1H3. The van der Waals surface area contributed by atoms with Crippen molar-refractivity contribution in [2.24, 2.45) is 0 Å². The average molecular weight is 243 g/mol. The number of hydrogen-bond donors (Lipinski definition) is 1. The van der Waals surface area contributed by atoms with Crippen molar-refractivity contribution in [3.8, 4) is 0 Å². The maximum absolute atomic E-state index is 10.1. The van der Waals surface area contributed by atoms with Crippen molar-refractivity contribution < 1.29 is 5.11 Å². The first-order chi connectivity index (χ1) is 7.22. The lowest BCUT2D eigenvalue weighted by atomic mass is 10.1. The Hall–Kier alpha value is -0.180. The zero-order valence-electron chi connectivity index (χ0n) is 8.74. The van der Waals surface area contributed by atoms with Gasteiger partial charge in [0.2, 0.25) is 0 Å². The molecule has 1 N–H and O–H groups in total. The van der Waals surface area contributed by atoms with E-state index in [-0.39, 0.29) is 6.10 Å². The van der Waals surface area contributed by atoms with Crippen LogP contribution in [-0.2, 0) is 6.42 Å². The van der Waals surface area contributed by atoms with Gasteiger partial charge in [-0.15, -0.1) is 0 Å². The number of fused-ring (bicyclic) bond motifs is 1. The van der Waals surface area contributed by atoms with E-state index in [2.05, 4.69) is 6.92 Å². The number of aliphatic hydroxyl groups excluding tert-OH is 1. The van der Waals surface area contributed by atoms with Crippen molar-refractivity contribution in [2.45, 2.75) is 31.1 Å². The van der Waals surface area contributed by atoms with Crippen LogP contribution in [0.3, 0.4) is 0 Å². The fraction of sp³-hybridized carbons (Fsp3) is 0.500. The van der Waals surface area contributed by atoms with Gasteiger partial charge in [0, 0.05) is 10.3 Å². The van der Waals surface area contributed by atoms with Gasteiger partial charge in [0.15, 0.2) is 0 Å². The van der Waals surface area contributed by atoms with E-state index in [0.717, 1.165) is 29.2 Å². The number of hydrogen-bond acceptors (Lipinski definition) is 2. The summed E-state index contributed by atoms with van der Waals surface area (Å²) < 4.78 is 0. The number of benzene rings is 1. The van der Waals surface area contributed by atoms with Gasteiger partial charge in [0.1, 0.15) is 0 Å². The highest BCUT2D eigenvalue weighted by Crippen LogP contribution is 2.39. The molecule has 2 unspecified atom stereocenters. The van der Waals surface area contributed by atoms with Crippen molar-refractivity contribution in [1.29, 1.82) is 0 Å². The van der Waals surface area contributed by atoms with E-state index in [4.69, 9.17) is 11.6 Å². The smallest absolute Gasteiger partial charge is 0.0914 e. The van der Waals surface area contributed by atoms with Crippen LogP contribution in [-0.4, -0.2) is 16.1 Å². The second kappa shape index (κ2) is 4.77. The Kier molecular flexibility index (Phi) is 3.60. The third kappa shape index (κ3) is 2.32. The van der Waals surface area contributed by atoms with Crippen LogP contribution in [0.5, 0.6) is 0 Å². The van der Waals surface area contributed by atoms with E-state index < -0.39 is 0 Å². The maximum Gasteiger partial charge on any atom is 0.0914 e. The molecule has 0 amide bonds. The van der Waals surface area contributed by atoms with Gasteiger partial charge in [-0.3, -0.25) is 0 Å². The van der Waals surface area contributed by atoms with Gasteiger partial charge in [-0.25, -0.2) is 0 Å². The Morgan fingerprint density at radius 2 is 2.33 bits per heavy atom. The van der Waals surface area contributed by atoms with Crippen LogP contribution >= 0.6 is 23.4 Å². The van der Waals surface area contributed by atoms with Crippen LogP contribution in [0.15, 0.2) is 18.2 Å². The van der Waals surface area contributed by atoms with Gasteiger partial charge >= 0.3 is 0 Å². The van der Waals surface area contributed by atoms with Gasteiger partial charge in [0.05, 0.1) is 6.10 Å². The first-order valence-electron chi connectivity index (χ1n) is 5.30. The van der Waals surface area contributed by atoms with Crippen LogP contribution < -0.4 is 0 Å². The predicted octanol–water partition coefficient (Wildman–Crippen LogP) is 3.44. The second-order valence-electron chi connectivity index (χ2n) is 3.90. The molecule has 0 saturated heterocycles. The highest BCUT2D eigenvalue weighted by atomic mass is 35.5. The molecule has 0 spiro atoms. The minimum Gasteiger partial charge on any atom is -0.387 e. The predicted molar refractivity (Wildman–Crippen MR) is 66.7 cm³/mol. The molecule has 0 bridgehead atoms. The summed E-state index contributed by atoms with van der Waals surface area (Å²) in [6, 6.07) is 5.79. The first kappa shape index (κ1) is 11.3. The molecule has 82 valence electrons. The molecule has 0 aliphatic heterocycles. The number of halogens is 1. The molecule has 0 fully saturated rings. The molecular weight excluding hydrogens is 228 g/mol. The van der Waals surface area contributed by atoms with Crippen molar-refractivity contribution >= 4 is 23.4 Å². The van der Waals surface area contributed by atoms with Crippen molar-refractivity contribution in [3.63, 3.8) is 0 Å². The molecule has 3 heteroatoms. The van der Waals surface area contributed by atoms with Gasteiger partial charge < -0.3 is 5.11 Å². The van der Waals surface area contributed by atoms with Gasteiger partial charge in [-0.05, 0) is 41.9 Å². The summed E-state index contributed by atoms with van der Waals surface area (Å²) in [4.78, 5) is 0. The Labute approximate surface area is 99.8 Å². The van der Waals surface area contributed by atoms with Crippen LogP contribution in [0.2, 0.25) is 5.02 Å². The Morgan fingerprint density at radius 1 is 1.53 bits per heavy atom. The normalized spacial score (nSPS) is 24.2. The summed E-state index contributed by atoms with van der Waals surface area (Å²) in [7, 11) is 0. The Bertz CT molecular complexity index is 353. The van der Waals surface area contributed by atoms with Gasteiger partial charge in [0.25, 0.3) is 0 Å². The molecule has 1 nitrogen and oxygen atoms in total. The summed E-state index contributed by atoms with van der Waals surface area (Å²) in [5, 5.41) is 11.2. The molecule has 2 atom stereocenters. The molecular formula is C12H15ClOS. The van der Waals surface area contributed by atoms with Crippen molar-refractivity contribution in [2.75, 3.05) is 5.75 Å². The fourth-order valence-corrected chi connectivity index (χ4v) is 3.35. The molecule has 0 aromatic heterocycles. The lowest BCUT2D eigenvalue weighted by Gasteiger charge is -2.13. The third-order valence-electron chi connectivity index (χ3n) is 2.73. The van der Waals surface area contributed by atoms with Crippen LogP contribution in [0.1, 0.15) is 30.6 Å². The molecule has 1 aromatic rings. The molecule has 0 radical (unpaired) electrons. The summed E-state index contributed by atoms with van der Waals surface area (Å²) >= 11 is 7.80. The van der Waals surface area contributed by atoms with Gasteiger partial charge in [-0.2, -0.15) is 11.8 Å². The van der Waals surface area contributed by atoms with Crippen molar-refractivity contribution in [1.82, 2.24) is 0 Å². The highest BCUT2D eigenvalue weighted by Gasteiger charge is 2.30. The van der Waals surface area contributed by atoms with E-state index in [9.17, 15) is 5.11 Å². The highest BCUT2D eigenvalue weighted by molar-refractivity contribution is 7.99. The molecule has 1 aromatic carbocycles. The van der Waals surface area contributed by atoms with E-state index in [1.165, 1.54) is 5.56 Å². The molecule has 1 aliphatic rings. The zero-order valence-corrected chi connectivity index (χ0v) is 10.3. The number of aliphatic hydroxyl groups is 1. The average Bonchev–Trinajstić information content (AvgIpc) is 2.52. The summed E-state index contributed by atoms with van der Waals surface area (Å²) in [6.07, 6.45) is 1.79. The largest absolute Gasteiger partial charge is 0.387 e. The third-order valence-corrected chi connectivity index (χ3v) is 4.46. The Morgan fingerprint density at radius 3 is 3.07 bits per heavy atom. The van der Waals surface area contributed by atoms with Gasteiger partial charge in [-0.1, -0.05) is 24.6 Å². The van der Waals surface area contributed by atoms with Crippen molar-refractivity contribution in [3.05, 3.63) is 34.3 Å². The molecule has 0 saturated carbocycles. The minimum atomic E-state index is -0.311. The monoisotopic (exact) mass is 242 g/mol. The molecule has 2 rings (SSSR count). The molecule has 0 heterocycles. The molecule has 1 aliphatic carbocycles. The zero-order chi connectivity index (χ0) is 10.8. The summed E-state index contributed by atoms with van der Waals surface area (Å²) in [6.45, 7) is 2.17. The SMILES string of the molecule is CCCSC1Cc2cc(Cl)ccc2C1O. The Balaban J connectivity index is 2.14. The fourth-order valence-electron chi connectivity index (χ4n) is 1.99. The van der Waals surface area contributed by atoms with Crippen LogP contribution in [0.25, 0.3) is 0 Å². The second-order valence-corrected chi connectivity index (χ2v) is 5.68. The summed E-state index contributed by atoms with van der Waals surface area (Å²) in [5.41, 5.74) is 2.27. The number of thioether (sulfide) groups is 1. The van der Waals surface area contributed by atoms with E-state index in [0.29, 0.717) is 5.25 Å². The van der Waals surface area contributed by atoms with E-state index >= 15 is 0 Å². The molecule has 15 heavy (non-hydrogen) atoms. The topological polar surface area (TPSA) is 20.2 Å². The van der Waals surface area contributed by atoms with E-state index in [1.807, 2.05) is 30.0 Å². The van der Waals surface area contributed by atoms with Crippen LogP contribution in [0, 0.1) is 0 Å². The summed E-state index contributed by atoms with van der Waals surface area (Å²) in [5.74, 6) is 1.11. The van der Waals surface area contributed by atoms with E-state index in [1.54, 1.807) is 0 Å². The first-order valence-corrected chi connectivity index (χ1v) is 6.73. The minimum absolute atomic E-state index is 0.311. The lowest BCUT2D eigenvalue weighted by molar-refractivity contribution is 0.185.